The summed E-state index contributed by atoms with van der Waals surface area (Å²) in [5, 5.41) is 7.21. The molecule has 16 heavy (non-hydrogen) atoms. The smallest absolute Gasteiger partial charge is 0.0172 e. The molecule has 0 radical (unpaired) electrons. The van der Waals surface area contributed by atoms with Crippen molar-refractivity contribution in [2.75, 3.05) is 13.1 Å². The van der Waals surface area contributed by atoms with E-state index in [4.69, 9.17) is 0 Å². The first kappa shape index (κ1) is 12.0. The van der Waals surface area contributed by atoms with Crippen molar-refractivity contribution < 1.29 is 0 Å². The Hall–Kier alpha value is -0.500. The Kier molecular flexibility index (Phi) is 4.28. The van der Waals surface area contributed by atoms with E-state index < -0.39 is 0 Å². The Morgan fingerprint density at radius 1 is 1.19 bits per heavy atom. The SMILES string of the molecule is CC1CC=C(CCC2CCC(C)CN2)NC1. The molecule has 2 nitrogen and oxygen atoms in total. The molecule has 0 aromatic carbocycles. The Morgan fingerprint density at radius 2 is 2.06 bits per heavy atom. The van der Waals surface area contributed by atoms with Crippen molar-refractivity contribution >= 4 is 0 Å². The number of hydrogen-bond donors (Lipinski definition) is 2. The number of piperidine rings is 1. The molecular weight excluding hydrogens is 196 g/mol. The molecule has 3 atom stereocenters. The second kappa shape index (κ2) is 5.72. The zero-order valence-electron chi connectivity index (χ0n) is 10.8. The summed E-state index contributed by atoms with van der Waals surface area (Å²) < 4.78 is 0. The molecule has 0 spiro atoms. The quantitative estimate of drug-likeness (QED) is 0.767. The lowest BCUT2D eigenvalue weighted by Gasteiger charge is -2.29. The third-order valence-corrected chi connectivity index (χ3v) is 3.97. The maximum atomic E-state index is 3.66. The van der Waals surface area contributed by atoms with Crippen molar-refractivity contribution in [1.82, 2.24) is 10.6 Å². The molecule has 3 unspecified atom stereocenters. The van der Waals surface area contributed by atoms with Crippen molar-refractivity contribution in [3.05, 3.63) is 11.8 Å². The van der Waals surface area contributed by atoms with E-state index in [1.807, 2.05) is 0 Å². The molecule has 92 valence electrons. The lowest BCUT2D eigenvalue weighted by molar-refractivity contribution is 0.314. The molecule has 2 heteroatoms. The van der Waals surface area contributed by atoms with Gasteiger partial charge < -0.3 is 10.6 Å². The molecule has 2 aliphatic heterocycles. The van der Waals surface area contributed by atoms with Gasteiger partial charge in [-0.05, 0) is 50.5 Å². The first-order chi connectivity index (χ1) is 7.74. The van der Waals surface area contributed by atoms with Crippen molar-refractivity contribution in [2.24, 2.45) is 11.8 Å². The molecule has 1 fully saturated rings. The standard InChI is InChI=1S/C14H26N2/c1-11-3-5-13(15-9-11)7-8-14-6-4-12(2)10-16-14/h5,11-12,14-16H,3-4,6-10H2,1-2H3. The van der Waals surface area contributed by atoms with Gasteiger partial charge in [0, 0.05) is 18.3 Å². The average molecular weight is 222 g/mol. The Balaban J connectivity index is 1.67. The molecule has 0 aliphatic carbocycles. The molecule has 0 saturated carbocycles. The first-order valence-corrected chi connectivity index (χ1v) is 6.90. The van der Waals surface area contributed by atoms with Crippen LogP contribution < -0.4 is 10.6 Å². The van der Waals surface area contributed by atoms with E-state index >= 15 is 0 Å². The van der Waals surface area contributed by atoms with E-state index in [-0.39, 0.29) is 0 Å². The van der Waals surface area contributed by atoms with Crippen LogP contribution in [0.25, 0.3) is 0 Å². The summed E-state index contributed by atoms with van der Waals surface area (Å²) in [5.74, 6) is 1.70. The Bertz CT molecular complexity index is 239. The highest BCUT2D eigenvalue weighted by Gasteiger charge is 2.18. The van der Waals surface area contributed by atoms with Gasteiger partial charge in [-0.3, -0.25) is 0 Å². The van der Waals surface area contributed by atoms with Crippen LogP contribution in [0, 0.1) is 11.8 Å². The fraction of sp³-hybridized carbons (Fsp3) is 0.857. The van der Waals surface area contributed by atoms with Crippen LogP contribution in [0.1, 0.15) is 46.0 Å². The Morgan fingerprint density at radius 3 is 2.69 bits per heavy atom. The summed E-state index contributed by atoms with van der Waals surface area (Å²) in [6.45, 7) is 7.04. The monoisotopic (exact) mass is 222 g/mol. The average Bonchev–Trinajstić information content (AvgIpc) is 2.30. The topological polar surface area (TPSA) is 24.1 Å². The van der Waals surface area contributed by atoms with Gasteiger partial charge in [0.1, 0.15) is 0 Å². The molecule has 0 aromatic rings. The van der Waals surface area contributed by atoms with E-state index in [1.54, 1.807) is 0 Å². The molecule has 2 heterocycles. The second-order valence-corrected chi connectivity index (χ2v) is 5.78. The van der Waals surface area contributed by atoms with E-state index in [0.717, 1.165) is 17.9 Å². The molecule has 0 aromatic heterocycles. The predicted octanol–water partition coefficient (Wildman–Crippen LogP) is 2.67. The van der Waals surface area contributed by atoms with Crippen LogP contribution >= 0.6 is 0 Å². The summed E-state index contributed by atoms with van der Waals surface area (Å²) in [7, 11) is 0. The van der Waals surface area contributed by atoms with Gasteiger partial charge >= 0.3 is 0 Å². The first-order valence-electron chi connectivity index (χ1n) is 6.90. The minimum atomic E-state index is 0.762. The van der Waals surface area contributed by atoms with Crippen molar-refractivity contribution in [3.63, 3.8) is 0 Å². The fourth-order valence-corrected chi connectivity index (χ4v) is 2.63. The summed E-state index contributed by atoms with van der Waals surface area (Å²) in [4.78, 5) is 0. The molecule has 2 rings (SSSR count). The maximum Gasteiger partial charge on any atom is 0.0172 e. The molecule has 1 saturated heterocycles. The van der Waals surface area contributed by atoms with Gasteiger partial charge in [0.15, 0.2) is 0 Å². The highest BCUT2D eigenvalue weighted by Crippen LogP contribution is 2.19. The molecule has 2 aliphatic rings. The lowest BCUT2D eigenvalue weighted by atomic mass is 9.93. The zero-order chi connectivity index (χ0) is 11.4. The van der Waals surface area contributed by atoms with Crippen LogP contribution in [0.3, 0.4) is 0 Å². The second-order valence-electron chi connectivity index (χ2n) is 5.78. The van der Waals surface area contributed by atoms with Gasteiger partial charge in [0.05, 0.1) is 0 Å². The van der Waals surface area contributed by atoms with Gasteiger partial charge in [-0.25, -0.2) is 0 Å². The van der Waals surface area contributed by atoms with Gasteiger partial charge in [0.25, 0.3) is 0 Å². The molecule has 0 amide bonds. The van der Waals surface area contributed by atoms with Crippen LogP contribution in [-0.4, -0.2) is 19.1 Å². The van der Waals surface area contributed by atoms with E-state index in [9.17, 15) is 0 Å². The number of rotatable bonds is 3. The van der Waals surface area contributed by atoms with Crippen LogP contribution in [0.2, 0.25) is 0 Å². The normalized spacial score (nSPS) is 35.4. The molecular formula is C14H26N2. The maximum absolute atomic E-state index is 3.66. The number of hydrogen-bond acceptors (Lipinski definition) is 2. The third-order valence-electron chi connectivity index (χ3n) is 3.97. The van der Waals surface area contributed by atoms with Gasteiger partial charge in [-0.15, -0.1) is 0 Å². The van der Waals surface area contributed by atoms with Gasteiger partial charge in [-0.2, -0.15) is 0 Å². The van der Waals surface area contributed by atoms with Crippen molar-refractivity contribution in [1.29, 1.82) is 0 Å². The van der Waals surface area contributed by atoms with Crippen LogP contribution in [-0.2, 0) is 0 Å². The van der Waals surface area contributed by atoms with Gasteiger partial charge in [0.2, 0.25) is 0 Å². The van der Waals surface area contributed by atoms with Crippen molar-refractivity contribution in [2.45, 2.75) is 52.0 Å². The highest BCUT2D eigenvalue weighted by molar-refractivity contribution is 5.04. The number of allylic oxidation sites excluding steroid dienone is 2. The van der Waals surface area contributed by atoms with E-state index in [2.05, 4.69) is 30.6 Å². The lowest BCUT2D eigenvalue weighted by Crippen LogP contribution is -2.38. The summed E-state index contributed by atoms with van der Waals surface area (Å²) in [6.07, 6.45) is 8.97. The van der Waals surface area contributed by atoms with Crippen LogP contribution in [0.4, 0.5) is 0 Å². The van der Waals surface area contributed by atoms with Crippen molar-refractivity contribution in [3.8, 4) is 0 Å². The minimum Gasteiger partial charge on any atom is -0.388 e. The fourth-order valence-electron chi connectivity index (χ4n) is 2.63. The zero-order valence-corrected chi connectivity index (χ0v) is 10.8. The van der Waals surface area contributed by atoms with Gasteiger partial charge in [-0.1, -0.05) is 19.9 Å². The molecule has 0 bridgehead atoms. The minimum absolute atomic E-state index is 0.762. The van der Waals surface area contributed by atoms with E-state index in [0.29, 0.717) is 0 Å². The largest absolute Gasteiger partial charge is 0.388 e. The molecule has 2 N–H and O–H groups in total. The summed E-state index contributed by atoms with van der Waals surface area (Å²) >= 11 is 0. The summed E-state index contributed by atoms with van der Waals surface area (Å²) in [5.41, 5.74) is 1.48. The Labute approximate surface area is 99.9 Å². The number of nitrogens with one attached hydrogen (secondary N) is 2. The third kappa shape index (κ3) is 3.51. The highest BCUT2D eigenvalue weighted by atomic mass is 14.9. The van der Waals surface area contributed by atoms with Crippen LogP contribution in [0.5, 0.6) is 0 Å². The van der Waals surface area contributed by atoms with E-state index in [1.165, 1.54) is 50.9 Å². The van der Waals surface area contributed by atoms with Crippen LogP contribution in [0.15, 0.2) is 11.8 Å². The predicted molar refractivity (Wildman–Crippen MR) is 69.3 cm³/mol. The summed E-state index contributed by atoms with van der Waals surface area (Å²) in [6, 6.07) is 0.762.